The maximum absolute atomic E-state index is 12.9. The van der Waals surface area contributed by atoms with Crippen molar-refractivity contribution >= 4 is 34.8 Å². The number of benzene rings is 2. The fraction of sp³-hybridized carbons (Fsp3) is 0.0909. The molecule has 142 valence electrons. The van der Waals surface area contributed by atoms with Gasteiger partial charge in [0.15, 0.2) is 0 Å². The smallest absolute Gasteiger partial charge is 0.274 e. The molecule has 28 heavy (non-hydrogen) atoms. The van der Waals surface area contributed by atoms with E-state index < -0.39 is 5.91 Å². The summed E-state index contributed by atoms with van der Waals surface area (Å²) in [6.45, 7) is 2.35. The van der Waals surface area contributed by atoms with E-state index in [1.807, 2.05) is 49.4 Å². The van der Waals surface area contributed by atoms with Crippen LogP contribution in [0.25, 0.3) is 11.6 Å². The lowest BCUT2D eigenvalue weighted by atomic mass is 10.0. The summed E-state index contributed by atoms with van der Waals surface area (Å²) in [5, 5.41) is 13.7. The van der Waals surface area contributed by atoms with Crippen molar-refractivity contribution in [2.75, 3.05) is 0 Å². The van der Waals surface area contributed by atoms with Crippen molar-refractivity contribution in [3.63, 3.8) is 0 Å². The van der Waals surface area contributed by atoms with Gasteiger partial charge in [-0.05, 0) is 53.3 Å². The van der Waals surface area contributed by atoms with Crippen LogP contribution in [0.3, 0.4) is 0 Å². The Balaban J connectivity index is 1.76. The summed E-state index contributed by atoms with van der Waals surface area (Å²) in [6.07, 6.45) is 1.90. The van der Waals surface area contributed by atoms with Gasteiger partial charge in [-0.1, -0.05) is 42.5 Å². The molecule has 0 aliphatic heterocycles. The summed E-state index contributed by atoms with van der Waals surface area (Å²) in [5.41, 5.74) is 5.39. The van der Waals surface area contributed by atoms with E-state index in [4.69, 9.17) is 5.21 Å². The summed E-state index contributed by atoms with van der Waals surface area (Å²) < 4.78 is 0. The van der Waals surface area contributed by atoms with E-state index in [2.05, 4.69) is 10.7 Å². The van der Waals surface area contributed by atoms with Crippen molar-refractivity contribution in [2.24, 2.45) is 0 Å². The zero-order valence-corrected chi connectivity index (χ0v) is 16.1. The number of nitrogens with one attached hydrogen (secondary N) is 2. The first kappa shape index (κ1) is 19.5. The van der Waals surface area contributed by atoms with Gasteiger partial charge < -0.3 is 5.32 Å². The fourth-order valence-corrected chi connectivity index (χ4v) is 3.51. The lowest BCUT2D eigenvalue weighted by Gasteiger charge is -2.10. The maximum Gasteiger partial charge on any atom is 0.274 e. The maximum atomic E-state index is 12.9. The normalized spacial score (nSPS) is 11.1. The van der Waals surface area contributed by atoms with E-state index in [0.717, 1.165) is 21.6 Å². The van der Waals surface area contributed by atoms with Gasteiger partial charge in [-0.15, -0.1) is 11.3 Å². The Kier molecular flexibility index (Phi) is 6.37. The molecule has 2 amide bonds. The molecule has 0 fully saturated rings. The average Bonchev–Trinajstić information content (AvgIpc) is 3.15. The first-order valence-corrected chi connectivity index (χ1v) is 9.58. The van der Waals surface area contributed by atoms with Gasteiger partial charge in [-0.2, -0.15) is 0 Å². The van der Waals surface area contributed by atoms with Gasteiger partial charge in [0, 0.05) is 22.6 Å². The second-order valence-corrected chi connectivity index (χ2v) is 7.21. The third-order valence-electron chi connectivity index (χ3n) is 4.14. The predicted octanol–water partition coefficient (Wildman–Crippen LogP) is 4.03. The molecular formula is C22H20N2O3S. The third-order valence-corrected chi connectivity index (χ3v) is 5.14. The molecule has 3 rings (SSSR count). The molecule has 3 N–H and O–H groups in total. The SMILES string of the molecule is Cc1csc(C=C(C(=O)NCc2ccc(C(=O)NO)cc2)c2ccccc2)c1. The Bertz CT molecular complexity index is 992. The van der Waals surface area contributed by atoms with Crippen molar-refractivity contribution in [2.45, 2.75) is 13.5 Å². The van der Waals surface area contributed by atoms with E-state index in [9.17, 15) is 9.59 Å². The second kappa shape index (κ2) is 9.12. The van der Waals surface area contributed by atoms with Crippen LogP contribution in [0.15, 0.2) is 66.0 Å². The minimum atomic E-state index is -0.573. The predicted molar refractivity (Wildman–Crippen MR) is 111 cm³/mol. The quantitative estimate of drug-likeness (QED) is 0.337. The molecular weight excluding hydrogens is 372 g/mol. The highest BCUT2D eigenvalue weighted by Crippen LogP contribution is 2.23. The van der Waals surface area contributed by atoms with Crippen molar-refractivity contribution in [1.82, 2.24) is 10.8 Å². The molecule has 3 aromatic rings. The Morgan fingerprint density at radius 2 is 1.75 bits per heavy atom. The minimum Gasteiger partial charge on any atom is -0.348 e. The van der Waals surface area contributed by atoms with Gasteiger partial charge in [0.25, 0.3) is 11.8 Å². The van der Waals surface area contributed by atoms with Crippen LogP contribution in [-0.2, 0) is 11.3 Å². The highest BCUT2D eigenvalue weighted by atomic mass is 32.1. The van der Waals surface area contributed by atoms with E-state index >= 15 is 0 Å². The van der Waals surface area contributed by atoms with Gasteiger partial charge in [-0.3, -0.25) is 14.8 Å². The number of hydrogen-bond acceptors (Lipinski definition) is 4. The molecule has 5 nitrogen and oxygen atoms in total. The first-order valence-electron chi connectivity index (χ1n) is 8.70. The Labute approximate surface area is 167 Å². The molecule has 0 bridgehead atoms. The average molecular weight is 392 g/mol. The molecule has 0 radical (unpaired) electrons. The van der Waals surface area contributed by atoms with E-state index in [1.165, 1.54) is 0 Å². The Morgan fingerprint density at radius 1 is 1.04 bits per heavy atom. The van der Waals surface area contributed by atoms with E-state index in [0.29, 0.717) is 17.7 Å². The first-order chi connectivity index (χ1) is 13.6. The topological polar surface area (TPSA) is 78.4 Å². The monoisotopic (exact) mass is 392 g/mol. The summed E-state index contributed by atoms with van der Waals surface area (Å²) in [7, 11) is 0. The summed E-state index contributed by atoms with van der Waals surface area (Å²) in [4.78, 5) is 25.3. The highest BCUT2D eigenvalue weighted by Gasteiger charge is 2.13. The van der Waals surface area contributed by atoms with Gasteiger partial charge in [0.2, 0.25) is 0 Å². The van der Waals surface area contributed by atoms with E-state index in [1.54, 1.807) is 41.1 Å². The van der Waals surface area contributed by atoms with Crippen LogP contribution in [0.1, 0.15) is 31.9 Å². The van der Waals surface area contributed by atoms with Crippen LogP contribution < -0.4 is 10.8 Å². The molecule has 0 aliphatic rings. The van der Waals surface area contributed by atoms with Crippen molar-refractivity contribution < 1.29 is 14.8 Å². The molecule has 0 spiro atoms. The van der Waals surface area contributed by atoms with Gasteiger partial charge >= 0.3 is 0 Å². The van der Waals surface area contributed by atoms with Crippen LogP contribution in [-0.4, -0.2) is 17.0 Å². The van der Waals surface area contributed by atoms with Gasteiger partial charge in [-0.25, -0.2) is 5.48 Å². The van der Waals surface area contributed by atoms with Crippen LogP contribution in [0.5, 0.6) is 0 Å². The number of rotatable bonds is 6. The number of hydrogen-bond donors (Lipinski definition) is 3. The number of hydroxylamine groups is 1. The van der Waals surface area contributed by atoms with Crippen LogP contribution >= 0.6 is 11.3 Å². The summed E-state index contributed by atoms with van der Waals surface area (Å²) in [5.74, 6) is -0.745. The van der Waals surface area contributed by atoms with Crippen molar-refractivity contribution in [3.05, 3.63) is 93.2 Å². The molecule has 0 saturated heterocycles. The lowest BCUT2D eigenvalue weighted by Crippen LogP contribution is -2.24. The summed E-state index contributed by atoms with van der Waals surface area (Å²) in [6, 6.07) is 18.2. The highest BCUT2D eigenvalue weighted by molar-refractivity contribution is 7.11. The molecule has 1 aromatic heterocycles. The number of thiophene rings is 1. The van der Waals surface area contributed by atoms with Crippen LogP contribution in [0, 0.1) is 6.92 Å². The summed E-state index contributed by atoms with van der Waals surface area (Å²) >= 11 is 1.60. The Morgan fingerprint density at radius 3 is 2.36 bits per heavy atom. The molecule has 0 unspecified atom stereocenters. The van der Waals surface area contributed by atoms with Crippen LogP contribution in [0.4, 0.5) is 0 Å². The molecule has 2 aromatic carbocycles. The molecule has 0 saturated carbocycles. The molecule has 0 aliphatic carbocycles. The number of carbonyl (C=O) groups excluding carboxylic acids is 2. The standard InChI is InChI=1S/C22H20N2O3S/c1-15-11-19(28-14-15)12-20(17-5-3-2-4-6-17)22(26)23-13-16-7-9-18(10-8-16)21(25)24-27/h2-12,14,27H,13H2,1H3,(H,23,26)(H,24,25). The third kappa shape index (κ3) is 4.94. The van der Waals surface area contributed by atoms with Gasteiger partial charge in [0.1, 0.15) is 0 Å². The zero-order valence-electron chi connectivity index (χ0n) is 15.3. The van der Waals surface area contributed by atoms with Crippen molar-refractivity contribution in [1.29, 1.82) is 0 Å². The Hall–Kier alpha value is -3.22. The molecule has 6 heteroatoms. The van der Waals surface area contributed by atoms with Crippen LogP contribution in [0.2, 0.25) is 0 Å². The number of amides is 2. The number of carbonyl (C=O) groups is 2. The number of aryl methyl sites for hydroxylation is 1. The lowest BCUT2D eigenvalue weighted by molar-refractivity contribution is -0.115. The second-order valence-electron chi connectivity index (χ2n) is 6.27. The fourth-order valence-electron chi connectivity index (χ4n) is 2.69. The van der Waals surface area contributed by atoms with Gasteiger partial charge in [0.05, 0.1) is 0 Å². The van der Waals surface area contributed by atoms with Crippen molar-refractivity contribution in [3.8, 4) is 0 Å². The largest absolute Gasteiger partial charge is 0.348 e. The molecule has 0 atom stereocenters. The molecule has 1 heterocycles. The minimum absolute atomic E-state index is 0.172. The van der Waals surface area contributed by atoms with E-state index in [-0.39, 0.29) is 5.91 Å². The zero-order chi connectivity index (χ0) is 19.9.